The van der Waals surface area contributed by atoms with Gasteiger partial charge in [-0.3, -0.25) is 0 Å². The number of anilines is 6. The molecule has 0 aliphatic rings. The molecule has 2 heterocycles. The van der Waals surface area contributed by atoms with Crippen LogP contribution in [0.3, 0.4) is 0 Å². The van der Waals surface area contributed by atoms with Gasteiger partial charge in [0.2, 0.25) is 0 Å². The van der Waals surface area contributed by atoms with Crippen LogP contribution in [0.4, 0.5) is 51.7 Å². The molecule has 20 rings (SSSR count). The Morgan fingerprint density at radius 2 is 0.519 bits per heavy atom. The molecule has 0 aliphatic carbocycles. The number of nitrogens with zero attached hydrogens (tertiary/aromatic N) is 4. The monoisotopic (exact) mass is 1390 g/mol. The quantitative estimate of drug-likeness (QED) is 0.0845. The highest BCUT2D eigenvalue weighted by Gasteiger charge is 2.28. The van der Waals surface area contributed by atoms with Gasteiger partial charge in [-0.2, -0.15) is 0 Å². The molecule has 0 radical (unpaired) electrons. The number of rotatable bonds is 13. The van der Waals surface area contributed by atoms with Gasteiger partial charge in [0.25, 0.3) is 0 Å². The van der Waals surface area contributed by atoms with Gasteiger partial charge < -0.3 is 18.9 Å². The average molecular weight is 1400 g/mol. The fraction of sp³-hybridized carbons (Fsp3) is 0. The Kier molecular flexibility index (Phi) is 15.3. The van der Waals surface area contributed by atoms with Crippen molar-refractivity contribution >= 4 is 121 Å². The summed E-state index contributed by atoms with van der Waals surface area (Å²) in [6, 6.07) is 123. The molecular formula is C100H62F4N4. The zero-order valence-corrected chi connectivity index (χ0v) is 58.1. The van der Waals surface area contributed by atoms with Crippen LogP contribution >= 0.6 is 0 Å². The van der Waals surface area contributed by atoms with E-state index in [1.165, 1.54) is 35.0 Å². The van der Waals surface area contributed by atoms with Crippen molar-refractivity contribution in [3.8, 4) is 67.0 Å². The van der Waals surface area contributed by atoms with Crippen molar-refractivity contribution < 1.29 is 17.6 Å². The number of hydrogen-bond donors (Lipinski definition) is 0. The molecule has 0 saturated carbocycles. The van der Waals surface area contributed by atoms with Crippen LogP contribution in [-0.4, -0.2) is 9.13 Å². The van der Waals surface area contributed by atoms with Crippen LogP contribution in [0, 0.1) is 23.3 Å². The van der Waals surface area contributed by atoms with Crippen LogP contribution in [0.15, 0.2) is 376 Å². The van der Waals surface area contributed by atoms with Gasteiger partial charge >= 0.3 is 0 Å². The van der Waals surface area contributed by atoms with Crippen molar-refractivity contribution in [1.29, 1.82) is 0 Å². The molecular weight excluding hydrogens is 1330 g/mol. The van der Waals surface area contributed by atoms with E-state index in [0.717, 1.165) is 116 Å². The number of hydrogen-bond acceptors (Lipinski definition) is 2. The van der Waals surface area contributed by atoms with E-state index in [1.54, 1.807) is 24.3 Å². The van der Waals surface area contributed by atoms with Gasteiger partial charge in [-0.25, -0.2) is 17.6 Å². The minimum Gasteiger partial charge on any atom is -0.310 e. The Bertz CT molecular complexity index is 6880. The molecule has 108 heavy (non-hydrogen) atoms. The van der Waals surface area contributed by atoms with Gasteiger partial charge in [-0.15, -0.1) is 0 Å². The first-order chi connectivity index (χ1) is 53.3. The minimum absolute atomic E-state index is 0.314. The smallest absolute Gasteiger partial charge is 0.131 e. The zero-order valence-electron chi connectivity index (χ0n) is 58.1. The van der Waals surface area contributed by atoms with Crippen molar-refractivity contribution in [3.63, 3.8) is 0 Å². The minimum atomic E-state index is -0.529. The Hall–Kier alpha value is -14.1. The van der Waals surface area contributed by atoms with Crippen molar-refractivity contribution in [2.45, 2.75) is 0 Å². The Labute approximate surface area is 620 Å². The molecule has 0 spiro atoms. The molecule has 20 aromatic rings. The second-order valence-electron chi connectivity index (χ2n) is 27.5. The van der Waals surface area contributed by atoms with E-state index in [-0.39, 0.29) is 11.6 Å². The summed E-state index contributed by atoms with van der Waals surface area (Å²) in [7, 11) is 0. The van der Waals surface area contributed by atoms with Crippen LogP contribution in [0.1, 0.15) is 0 Å². The lowest BCUT2D eigenvalue weighted by Gasteiger charge is -2.29. The lowest BCUT2D eigenvalue weighted by atomic mass is 9.84. The van der Waals surface area contributed by atoms with E-state index in [9.17, 15) is 0 Å². The number of fused-ring (bicyclic) bond motifs is 10. The largest absolute Gasteiger partial charge is 0.310 e. The predicted octanol–water partition coefficient (Wildman–Crippen LogP) is 28.3. The highest BCUT2D eigenvalue weighted by Crippen LogP contribution is 2.53. The highest BCUT2D eigenvalue weighted by molar-refractivity contribution is 6.26. The molecule has 510 valence electrons. The third kappa shape index (κ3) is 10.4. The molecule has 8 heteroatoms. The standard InChI is InChI=1S/C100H62F4N4/c101-87-39-17-11-36-81(87)97-78-34-9-10-35-79(78)99(100-85(97)38-23-45-95(100)106(66-26-5-2-6-27-66)68-50-54-70(55-51-68)108-93-43-21-15-30-74(93)75-31-16-22-44-94(75)108)84-58-47-64(61-90(84)104)63-46-57-83(89(103)60-63)96-76-32-7-8-33-77(76)98(82-37-12-18-40-88(82)102)86-62-71(56-59-80(86)96)105(65-24-3-1-4-25-65)67-48-52-69(53-49-67)107-91-41-19-13-28-72(91)73-29-14-20-42-92(73)107/h1-62H. The molecule has 0 saturated heterocycles. The van der Waals surface area contributed by atoms with Crippen LogP contribution in [0.5, 0.6) is 0 Å². The molecule has 0 fully saturated rings. The Balaban J connectivity index is 0.728. The van der Waals surface area contributed by atoms with Crippen molar-refractivity contribution in [2.75, 3.05) is 9.80 Å². The highest BCUT2D eigenvalue weighted by atomic mass is 19.1. The molecule has 18 aromatic carbocycles. The molecule has 0 aliphatic heterocycles. The molecule has 0 N–H and O–H groups in total. The van der Waals surface area contributed by atoms with Crippen LogP contribution in [-0.2, 0) is 0 Å². The third-order valence-electron chi connectivity index (χ3n) is 21.6. The van der Waals surface area contributed by atoms with E-state index in [2.05, 4.69) is 207 Å². The summed E-state index contributed by atoms with van der Waals surface area (Å²) >= 11 is 0. The molecule has 0 amide bonds. The maximum atomic E-state index is 18.4. The lowest BCUT2D eigenvalue weighted by molar-refractivity contribution is 0.630. The predicted molar refractivity (Wildman–Crippen MR) is 442 cm³/mol. The average Bonchev–Trinajstić information content (AvgIpc) is 1.15. The van der Waals surface area contributed by atoms with Crippen LogP contribution < -0.4 is 9.80 Å². The normalized spacial score (nSPS) is 11.7. The molecule has 0 bridgehead atoms. The van der Waals surface area contributed by atoms with E-state index < -0.39 is 11.6 Å². The van der Waals surface area contributed by atoms with Crippen molar-refractivity contribution in [1.82, 2.24) is 9.13 Å². The lowest BCUT2D eigenvalue weighted by Crippen LogP contribution is -2.11. The summed E-state index contributed by atoms with van der Waals surface area (Å²) < 4.78 is 74.6. The van der Waals surface area contributed by atoms with Gasteiger partial charge in [0.15, 0.2) is 0 Å². The van der Waals surface area contributed by atoms with E-state index in [0.29, 0.717) is 61.0 Å². The van der Waals surface area contributed by atoms with Crippen LogP contribution in [0.2, 0.25) is 0 Å². The van der Waals surface area contributed by atoms with Crippen LogP contribution in [0.25, 0.3) is 154 Å². The fourth-order valence-corrected chi connectivity index (χ4v) is 16.9. The molecule has 2 aromatic heterocycles. The Morgan fingerprint density at radius 3 is 0.972 bits per heavy atom. The summed E-state index contributed by atoms with van der Waals surface area (Å²) in [6.45, 7) is 0. The third-order valence-corrected chi connectivity index (χ3v) is 21.6. The molecule has 0 unspecified atom stereocenters. The first kappa shape index (κ1) is 63.6. The number of benzene rings is 18. The van der Waals surface area contributed by atoms with Gasteiger partial charge in [0.05, 0.1) is 27.8 Å². The SMILES string of the molecule is Fc1cc(-c2ccc(-c3c4ccccc4c(-c4ccccc4F)c4cccc(N(c5ccccc5)c5ccc(-n6c7ccccc7c7ccccc76)cc5)c34)c(F)c2)ccc1-c1c2ccccc2c(-c2ccccc2F)c2cc(N(c3ccccc3)c3ccc(-n4c5ccccc5c5ccccc54)cc3)ccc12. The topological polar surface area (TPSA) is 16.3 Å². The van der Waals surface area contributed by atoms with Crippen molar-refractivity contribution in [3.05, 3.63) is 399 Å². The Morgan fingerprint density at radius 1 is 0.194 bits per heavy atom. The first-order valence-electron chi connectivity index (χ1n) is 36.2. The van der Waals surface area contributed by atoms with Gasteiger partial charge in [0.1, 0.15) is 23.3 Å². The summed E-state index contributed by atoms with van der Waals surface area (Å²) in [6.07, 6.45) is 0. The fourth-order valence-electron chi connectivity index (χ4n) is 16.9. The van der Waals surface area contributed by atoms with Crippen molar-refractivity contribution in [2.24, 2.45) is 0 Å². The van der Waals surface area contributed by atoms with Gasteiger partial charge in [0, 0.05) is 111 Å². The second kappa shape index (κ2) is 26.0. The summed E-state index contributed by atoms with van der Waals surface area (Å²) in [5.41, 5.74) is 16.5. The molecule has 4 nitrogen and oxygen atoms in total. The summed E-state index contributed by atoms with van der Waals surface area (Å²) in [4.78, 5) is 4.40. The van der Waals surface area contributed by atoms with Gasteiger partial charge in [-0.1, -0.05) is 237 Å². The number of para-hydroxylation sites is 6. The van der Waals surface area contributed by atoms with Gasteiger partial charge in [-0.05, 0) is 188 Å². The molecule has 0 atom stereocenters. The number of halogens is 4. The van der Waals surface area contributed by atoms with E-state index >= 15 is 17.6 Å². The second-order valence-corrected chi connectivity index (χ2v) is 27.5. The first-order valence-corrected chi connectivity index (χ1v) is 36.2. The van der Waals surface area contributed by atoms with E-state index in [1.807, 2.05) is 140 Å². The summed E-state index contributed by atoms with van der Waals surface area (Å²) in [5.74, 6) is -1.81. The zero-order chi connectivity index (χ0) is 72.1. The summed E-state index contributed by atoms with van der Waals surface area (Å²) in [5, 5.41) is 10.5. The number of aromatic nitrogens is 2. The van der Waals surface area contributed by atoms with E-state index in [4.69, 9.17) is 0 Å². The maximum Gasteiger partial charge on any atom is 0.131 e. The maximum absolute atomic E-state index is 18.4.